The summed E-state index contributed by atoms with van der Waals surface area (Å²) in [5.41, 5.74) is 1.14. The number of rotatable bonds is 9. The molecule has 1 saturated carbocycles. The fourth-order valence-electron chi connectivity index (χ4n) is 2.62. The van der Waals surface area contributed by atoms with E-state index in [2.05, 4.69) is 18.7 Å². The molecule has 0 bridgehead atoms. The van der Waals surface area contributed by atoms with E-state index in [1.807, 2.05) is 0 Å². The molecule has 1 fully saturated rings. The molecular weight excluding hydrogens is 272 g/mol. The number of aliphatic hydroxyl groups excluding tert-OH is 1. The Hall–Kier alpha value is -0.650. The molecule has 0 amide bonds. The van der Waals surface area contributed by atoms with Gasteiger partial charge in [-0.05, 0) is 25.7 Å². The SMILES string of the molecule is CCC(CC)N(CCOC)c1nc(C2CC2)c(CO)s1. The quantitative estimate of drug-likeness (QED) is 0.760. The third-order valence-corrected chi connectivity index (χ3v) is 5.08. The standard InChI is InChI=1S/C15H26N2O2S/c1-4-12(5-2)17(8-9-19-3)15-16-14(11-6-7-11)13(10-18)20-15/h11-12,18H,4-10H2,1-3H3. The van der Waals surface area contributed by atoms with Crippen LogP contribution in [0.4, 0.5) is 5.13 Å². The molecule has 1 N–H and O–H groups in total. The van der Waals surface area contributed by atoms with Crippen molar-refractivity contribution in [1.82, 2.24) is 4.98 Å². The first-order valence-corrected chi connectivity index (χ1v) is 8.42. The lowest BCUT2D eigenvalue weighted by molar-refractivity contribution is 0.202. The molecule has 1 aliphatic carbocycles. The predicted octanol–water partition coefficient (Wildman–Crippen LogP) is 3.15. The molecule has 0 spiro atoms. The lowest BCUT2D eigenvalue weighted by atomic mass is 10.1. The van der Waals surface area contributed by atoms with Crippen molar-refractivity contribution in [2.24, 2.45) is 0 Å². The topological polar surface area (TPSA) is 45.6 Å². The zero-order valence-electron chi connectivity index (χ0n) is 12.8. The smallest absolute Gasteiger partial charge is 0.186 e. The summed E-state index contributed by atoms with van der Waals surface area (Å²) < 4.78 is 5.24. The zero-order chi connectivity index (χ0) is 14.5. The number of anilines is 1. The molecule has 1 aromatic rings. The Labute approximate surface area is 125 Å². The van der Waals surface area contributed by atoms with Gasteiger partial charge < -0.3 is 14.7 Å². The number of aliphatic hydroxyl groups is 1. The lowest BCUT2D eigenvalue weighted by Crippen LogP contribution is -2.37. The summed E-state index contributed by atoms with van der Waals surface area (Å²) in [5.74, 6) is 0.591. The van der Waals surface area contributed by atoms with Crippen molar-refractivity contribution in [2.75, 3.05) is 25.2 Å². The van der Waals surface area contributed by atoms with Crippen molar-refractivity contribution in [2.45, 2.75) is 58.1 Å². The molecular formula is C15H26N2O2S. The highest BCUT2D eigenvalue weighted by molar-refractivity contribution is 7.15. The van der Waals surface area contributed by atoms with E-state index in [9.17, 15) is 5.11 Å². The van der Waals surface area contributed by atoms with Crippen LogP contribution in [0.3, 0.4) is 0 Å². The first-order valence-electron chi connectivity index (χ1n) is 7.61. The zero-order valence-corrected chi connectivity index (χ0v) is 13.6. The van der Waals surface area contributed by atoms with E-state index < -0.39 is 0 Å². The van der Waals surface area contributed by atoms with E-state index in [-0.39, 0.29) is 6.61 Å². The largest absolute Gasteiger partial charge is 0.391 e. The summed E-state index contributed by atoms with van der Waals surface area (Å²) in [6.07, 6.45) is 4.65. The number of thiazole rings is 1. The average molecular weight is 298 g/mol. The minimum absolute atomic E-state index is 0.116. The Morgan fingerprint density at radius 2 is 2.10 bits per heavy atom. The molecule has 0 radical (unpaired) electrons. The third-order valence-electron chi connectivity index (χ3n) is 3.99. The molecule has 0 atom stereocenters. The lowest BCUT2D eigenvalue weighted by Gasteiger charge is -2.30. The van der Waals surface area contributed by atoms with E-state index in [0.29, 0.717) is 18.6 Å². The maximum absolute atomic E-state index is 9.55. The predicted molar refractivity (Wildman–Crippen MR) is 83.6 cm³/mol. The van der Waals surface area contributed by atoms with Gasteiger partial charge in [-0.25, -0.2) is 4.98 Å². The second-order valence-corrected chi connectivity index (χ2v) is 6.46. The highest BCUT2D eigenvalue weighted by atomic mass is 32.1. The highest BCUT2D eigenvalue weighted by Gasteiger charge is 2.31. The van der Waals surface area contributed by atoms with E-state index in [1.165, 1.54) is 12.8 Å². The van der Waals surface area contributed by atoms with Gasteiger partial charge in [0.1, 0.15) is 0 Å². The van der Waals surface area contributed by atoms with Crippen LogP contribution >= 0.6 is 11.3 Å². The number of nitrogens with zero attached hydrogens (tertiary/aromatic N) is 2. The van der Waals surface area contributed by atoms with Crippen LogP contribution in [0.1, 0.15) is 56.0 Å². The summed E-state index contributed by atoms with van der Waals surface area (Å²) in [4.78, 5) is 8.25. The number of ether oxygens (including phenoxy) is 1. The molecule has 1 aliphatic rings. The summed E-state index contributed by atoms with van der Waals surface area (Å²) >= 11 is 1.65. The van der Waals surface area contributed by atoms with Crippen molar-refractivity contribution in [3.63, 3.8) is 0 Å². The van der Waals surface area contributed by atoms with Crippen LogP contribution in [0.2, 0.25) is 0 Å². The molecule has 2 rings (SSSR count). The Bertz CT molecular complexity index is 414. The molecule has 0 aromatic carbocycles. The van der Waals surface area contributed by atoms with Gasteiger partial charge >= 0.3 is 0 Å². The summed E-state index contributed by atoms with van der Waals surface area (Å²) in [7, 11) is 1.74. The van der Waals surface area contributed by atoms with Crippen molar-refractivity contribution < 1.29 is 9.84 Å². The Morgan fingerprint density at radius 1 is 1.40 bits per heavy atom. The molecule has 5 heteroatoms. The van der Waals surface area contributed by atoms with Gasteiger partial charge in [0.2, 0.25) is 0 Å². The Kier molecular flexibility index (Phi) is 5.81. The fourth-order valence-corrected chi connectivity index (χ4v) is 3.72. The van der Waals surface area contributed by atoms with Crippen molar-refractivity contribution in [1.29, 1.82) is 0 Å². The van der Waals surface area contributed by atoms with Crippen LogP contribution in [0.15, 0.2) is 0 Å². The Balaban J connectivity index is 2.22. The molecule has 0 saturated heterocycles. The van der Waals surface area contributed by atoms with E-state index in [0.717, 1.165) is 35.1 Å². The fraction of sp³-hybridized carbons (Fsp3) is 0.800. The van der Waals surface area contributed by atoms with Crippen LogP contribution < -0.4 is 4.90 Å². The minimum Gasteiger partial charge on any atom is -0.391 e. The first-order chi connectivity index (χ1) is 9.74. The van der Waals surface area contributed by atoms with Gasteiger partial charge in [0.15, 0.2) is 5.13 Å². The number of hydrogen-bond acceptors (Lipinski definition) is 5. The summed E-state index contributed by atoms with van der Waals surface area (Å²) in [6, 6.07) is 0.495. The van der Waals surface area contributed by atoms with Crippen LogP contribution in [-0.2, 0) is 11.3 Å². The summed E-state index contributed by atoms with van der Waals surface area (Å²) in [6.45, 7) is 6.13. The second-order valence-electron chi connectivity index (χ2n) is 5.39. The van der Waals surface area contributed by atoms with E-state index >= 15 is 0 Å². The molecule has 4 nitrogen and oxygen atoms in total. The van der Waals surface area contributed by atoms with Crippen LogP contribution in [0.25, 0.3) is 0 Å². The van der Waals surface area contributed by atoms with Crippen molar-refractivity contribution >= 4 is 16.5 Å². The molecule has 0 unspecified atom stereocenters. The monoisotopic (exact) mass is 298 g/mol. The summed E-state index contributed by atoms with van der Waals surface area (Å²) in [5, 5.41) is 10.6. The van der Waals surface area contributed by atoms with Gasteiger partial charge in [-0.3, -0.25) is 0 Å². The maximum atomic E-state index is 9.55. The number of methoxy groups -OCH3 is 1. The molecule has 114 valence electrons. The van der Waals surface area contributed by atoms with Gasteiger partial charge in [-0.1, -0.05) is 25.2 Å². The molecule has 1 heterocycles. The molecule has 1 aromatic heterocycles. The molecule has 0 aliphatic heterocycles. The van der Waals surface area contributed by atoms with Crippen LogP contribution in [0.5, 0.6) is 0 Å². The van der Waals surface area contributed by atoms with Gasteiger partial charge in [-0.15, -0.1) is 0 Å². The van der Waals surface area contributed by atoms with E-state index in [1.54, 1.807) is 18.4 Å². The third kappa shape index (κ3) is 3.51. The number of hydrogen-bond donors (Lipinski definition) is 1. The molecule has 20 heavy (non-hydrogen) atoms. The van der Waals surface area contributed by atoms with Crippen LogP contribution in [0, 0.1) is 0 Å². The Morgan fingerprint density at radius 3 is 2.60 bits per heavy atom. The van der Waals surface area contributed by atoms with Gasteiger partial charge in [0.25, 0.3) is 0 Å². The van der Waals surface area contributed by atoms with Crippen molar-refractivity contribution in [3.8, 4) is 0 Å². The van der Waals surface area contributed by atoms with Crippen molar-refractivity contribution in [3.05, 3.63) is 10.6 Å². The van der Waals surface area contributed by atoms with Crippen LogP contribution in [-0.4, -0.2) is 36.4 Å². The minimum atomic E-state index is 0.116. The van der Waals surface area contributed by atoms with Gasteiger partial charge in [0.05, 0.1) is 23.8 Å². The van der Waals surface area contributed by atoms with Gasteiger partial charge in [-0.2, -0.15) is 0 Å². The average Bonchev–Trinajstić information content (AvgIpc) is 3.23. The normalized spacial score (nSPS) is 15.1. The second kappa shape index (κ2) is 7.38. The van der Waals surface area contributed by atoms with Gasteiger partial charge in [0, 0.05) is 25.6 Å². The number of aromatic nitrogens is 1. The first kappa shape index (κ1) is 15.7. The maximum Gasteiger partial charge on any atom is 0.186 e. The van der Waals surface area contributed by atoms with E-state index in [4.69, 9.17) is 9.72 Å². The highest BCUT2D eigenvalue weighted by Crippen LogP contribution is 2.44.